The van der Waals surface area contributed by atoms with E-state index in [1.54, 1.807) is 6.92 Å². The fourth-order valence-corrected chi connectivity index (χ4v) is 4.68. The Hall–Kier alpha value is -1.44. The summed E-state index contributed by atoms with van der Waals surface area (Å²) in [6, 6.07) is 5.05. The van der Waals surface area contributed by atoms with E-state index in [2.05, 4.69) is 4.90 Å². The Kier molecular flexibility index (Phi) is 3.96. The number of sulfonamides is 1. The standard InChI is InChI=1S/C15H20N2O4S/c1-11-13(15(18)19)3-2-4-14(11)22(20,21)17-9-7-16(8-10-17)12-5-6-12/h2-4,12H,5-10H2,1H3,(H,18,19). The normalized spacial score (nSPS) is 21.0. The quantitative estimate of drug-likeness (QED) is 0.899. The lowest BCUT2D eigenvalue weighted by Crippen LogP contribution is -2.49. The molecule has 0 atom stereocenters. The first-order valence-electron chi connectivity index (χ1n) is 7.48. The molecule has 7 heteroatoms. The molecule has 0 unspecified atom stereocenters. The van der Waals surface area contributed by atoms with Crippen molar-refractivity contribution in [2.75, 3.05) is 26.2 Å². The second-order valence-electron chi connectivity index (χ2n) is 5.91. The van der Waals surface area contributed by atoms with Gasteiger partial charge in [0.05, 0.1) is 10.5 Å². The highest BCUT2D eigenvalue weighted by Gasteiger charge is 2.35. The van der Waals surface area contributed by atoms with Crippen molar-refractivity contribution in [3.63, 3.8) is 0 Å². The van der Waals surface area contributed by atoms with Crippen LogP contribution in [0.5, 0.6) is 0 Å². The van der Waals surface area contributed by atoms with Gasteiger partial charge >= 0.3 is 5.97 Å². The Labute approximate surface area is 130 Å². The molecule has 6 nitrogen and oxygen atoms in total. The van der Waals surface area contributed by atoms with Crippen LogP contribution in [0.2, 0.25) is 0 Å². The third-order valence-electron chi connectivity index (χ3n) is 4.47. The van der Waals surface area contributed by atoms with Gasteiger partial charge in [0.2, 0.25) is 10.0 Å². The number of piperazine rings is 1. The molecule has 1 aliphatic heterocycles. The smallest absolute Gasteiger partial charge is 0.335 e. The Morgan fingerprint density at radius 3 is 2.36 bits per heavy atom. The number of benzene rings is 1. The van der Waals surface area contributed by atoms with E-state index in [-0.39, 0.29) is 10.5 Å². The summed E-state index contributed by atoms with van der Waals surface area (Å²) < 4.78 is 27.1. The second-order valence-corrected chi connectivity index (χ2v) is 7.81. The summed E-state index contributed by atoms with van der Waals surface area (Å²) in [5.74, 6) is -1.10. The van der Waals surface area contributed by atoms with Gasteiger partial charge in [-0.05, 0) is 37.5 Å². The first-order valence-corrected chi connectivity index (χ1v) is 8.92. The Morgan fingerprint density at radius 1 is 1.18 bits per heavy atom. The first-order chi connectivity index (χ1) is 10.4. The van der Waals surface area contributed by atoms with Crippen LogP contribution in [0.15, 0.2) is 23.1 Å². The van der Waals surface area contributed by atoms with Crippen molar-refractivity contribution >= 4 is 16.0 Å². The summed E-state index contributed by atoms with van der Waals surface area (Å²) in [7, 11) is -3.63. The average Bonchev–Trinajstić information content (AvgIpc) is 3.31. The summed E-state index contributed by atoms with van der Waals surface area (Å²) in [6.07, 6.45) is 2.43. The Morgan fingerprint density at radius 2 is 1.82 bits per heavy atom. The van der Waals surface area contributed by atoms with Crippen LogP contribution in [0.4, 0.5) is 0 Å². The molecule has 1 heterocycles. The van der Waals surface area contributed by atoms with Crippen LogP contribution in [0.3, 0.4) is 0 Å². The summed E-state index contributed by atoms with van der Waals surface area (Å²) in [4.78, 5) is 13.6. The molecule has 2 aliphatic rings. The van der Waals surface area contributed by atoms with Gasteiger partial charge in [-0.3, -0.25) is 4.90 Å². The molecule has 1 aromatic carbocycles. The Bertz CT molecular complexity index is 689. The SMILES string of the molecule is Cc1c(C(=O)O)cccc1S(=O)(=O)N1CCN(C2CC2)CC1. The number of nitrogens with zero attached hydrogens (tertiary/aromatic N) is 2. The van der Waals surface area contributed by atoms with Gasteiger partial charge in [0.1, 0.15) is 0 Å². The molecule has 22 heavy (non-hydrogen) atoms. The average molecular weight is 324 g/mol. The zero-order valence-electron chi connectivity index (χ0n) is 12.5. The molecule has 1 N–H and O–H groups in total. The topological polar surface area (TPSA) is 77.9 Å². The lowest BCUT2D eigenvalue weighted by Gasteiger charge is -2.34. The van der Waals surface area contributed by atoms with Crippen molar-refractivity contribution in [3.8, 4) is 0 Å². The fourth-order valence-electron chi connectivity index (χ4n) is 3.01. The van der Waals surface area contributed by atoms with Crippen LogP contribution in [-0.2, 0) is 10.0 Å². The van der Waals surface area contributed by atoms with Gasteiger partial charge in [-0.15, -0.1) is 0 Å². The molecular formula is C15H20N2O4S. The predicted molar refractivity (Wildman–Crippen MR) is 81.5 cm³/mol. The van der Waals surface area contributed by atoms with Gasteiger partial charge in [0.15, 0.2) is 0 Å². The zero-order chi connectivity index (χ0) is 15.9. The third kappa shape index (κ3) is 2.76. The van der Waals surface area contributed by atoms with E-state index in [0.717, 1.165) is 13.1 Å². The van der Waals surface area contributed by atoms with Crippen molar-refractivity contribution in [3.05, 3.63) is 29.3 Å². The van der Waals surface area contributed by atoms with Gasteiger partial charge in [-0.2, -0.15) is 4.31 Å². The summed E-state index contributed by atoms with van der Waals surface area (Å²) in [5, 5.41) is 9.15. The largest absolute Gasteiger partial charge is 0.478 e. The molecule has 0 bridgehead atoms. The minimum Gasteiger partial charge on any atom is -0.478 e. The van der Waals surface area contributed by atoms with Crippen molar-refractivity contribution in [1.29, 1.82) is 0 Å². The van der Waals surface area contributed by atoms with Crippen LogP contribution in [0.1, 0.15) is 28.8 Å². The van der Waals surface area contributed by atoms with Gasteiger partial charge < -0.3 is 5.11 Å². The monoisotopic (exact) mass is 324 g/mol. The third-order valence-corrected chi connectivity index (χ3v) is 6.51. The number of carboxylic acids is 1. The van der Waals surface area contributed by atoms with Gasteiger partial charge in [-0.25, -0.2) is 13.2 Å². The lowest BCUT2D eigenvalue weighted by atomic mass is 10.1. The van der Waals surface area contributed by atoms with Crippen LogP contribution in [-0.4, -0.2) is 60.9 Å². The minimum atomic E-state index is -3.63. The molecule has 120 valence electrons. The molecule has 0 aromatic heterocycles. The molecule has 1 saturated carbocycles. The molecule has 0 radical (unpaired) electrons. The summed E-state index contributed by atoms with van der Waals surface area (Å²) >= 11 is 0. The zero-order valence-corrected chi connectivity index (χ0v) is 13.3. The van der Waals surface area contributed by atoms with E-state index in [1.807, 2.05) is 0 Å². The number of carboxylic acid groups (broad SMARTS) is 1. The highest BCUT2D eigenvalue weighted by molar-refractivity contribution is 7.89. The fraction of sp³-hybridized carbons (Fsp3) is 0.533. The van der Waals surface area contributed by atoms with Crippen molar-refractivity contribution < 1.29 is 18.3 Å². The number of carbonyl (C=O) groups is 1. The van der Waals surface area contributed by atoms with E-state index in [9.17, 15) is 13.2 Å². The van der Waals surface area contributed by atoms with Crippen molar-refractivity contribution in [1.82, 2.24) is 9.21 Å². The van der Waals surface area contributed by atoms with E-state index in [4.69, 9.17) is 5.11 Å². The van der Waals surface area contributed by atoms with Crippen LogP contribution < -0.4 is 0 Å². The minimum absolute atomic E-state index is 0.0395. The van der Waals surface area contributed by atoms with Crippen LogP contribution >= 0.6 is 0 Å². The van der Waals surface area contributed by atoms with E-state index in [0.29, 0.717) is 24.7 Å². The van der Waals surface area contributed by atoms with E-state index >= 15 is 0 Å². The van der Waals surface area contributed by atoms with Gasteiger partial charge in [0, 0.05) is 32.2 Å². The lowest BCUT2D eigenvalue weighted by molar-refractivity contribution is 0.0696. The summed E-state index contributed by atoms with van der Waals surface area (Å²) in [6.45, 7) is 3.99. The molecule has 1 aliphatic carbocycles. The predicted octanol–water partition coefficient (Wildman–Crippen LogP) is 1.16. The molecule has 1 aromatic rings. The number of hydrogen-bond acceptors (Lipinski definition) is 4. The number of rotatable bonds is 4. The molecule has 0 amide bonds. The van der Waals surface area contributed by atoms with E-state index < -0.39 is 16.0 Å². The number of aromatic carboxylic acids is 1. The maximum Gasteiger partial charge on any atom is 0.335 e. The van der Waals surface area contributed by atoms with Gasteiger partial charge in [0.25, 0.3) is 0 Å². The highest BCUT2D eigenvalue weighted by Crippen LogP contribution is 2.29. The molecule has 2 fully saturated rings. The molecular weight excluding hydrogens is 304 g/mol. The number of hydrogen-bond donors (Lipinski definition) is 1. The van der Waals surface area contributed by atoms with Crippen LogP contribution in [0, 0.1) is 6.92 Å². The summed E-state index contributed by atoms with van der Waals surface area (Å²) in [5.41, 5.74) is 0.345. The molecule has 0 spiro atoms. The second kappa shape index (κ2) is 5.64. The Balaban J connectivity index is 1.84. The molecule has 3 rings (SSSR count). The van der Waals surface area contributed by atoms with Crippen molar-refractivity contribution in [2.45, 2.75) is 30.7 Å². The van der Waals surface area contributed by atoms with Gasteiger partial charge in [-0.1, -0.05) is 6.07 Å². The van der Waals surface area contributed by atoms with E-state index in [1.165, 1.54) is 35.3 Å². The first kappa shape index (κ1) is 15.5. The highest BCUT2D eigenvalue weighted by atomic mass is 32.2. The maximum atomic E-state index is 12.8. The molecule has 1 saturated heterocycles. The maximum absolute atomic E-state index is 12.8. The van der Waals surface area contributed by atoms with Crippen molar-refractivity contribution in [2.24, 2.45) is 0 Å². The van der Waals surface area contributed by atoms with Crippen LogP contribution in [0.25, 0.3) is 0 Å².